The number of rotatable bonds is 22. The van der Waals surface area contributed by atoms with Crippen LogP contribution in [-0.2, 0) is 19.1 Å². The Kier molecular flexibility index (Phi) is 24.4. The zero-order valence-electron chi connectivity index (χ0n) is 22.0. The van der Waals surface area contributed by atoms with Crippen LogP contribution in [0.4, 0.5) is 0 Å². The van der Waals surface area contributed by atoms with Gasteiger partial charge in [-0.05, 0) is 44.9 Å². The molecule has 0 aromatic rings. The Balaban J connectivity index is 3.80. The maximum atomic E-state index is 11.9. The van der Waals surface area contributed by atoms with Crippen molar-refractivity contribution in [2.24, 2.45) is 0 Å². The van der Waals surface area contributed by atoms with E-state index in [1.54, 1.807) is 0 Å². The minimum Gasteiger partial charge on any atom is -0.462 e. The smallest absolute Gasteiger partial charge is 0.306 e. The SMILES string of the molecule is CC/C=C/C=C/C=C/C=C/CCCCCC(=O)OCC(CO)OC(=O)CC/C=C/CCCCCC. The van der Waals surface area contributed by atoms with E-state index < -0.39 is 6.10 Å². The van der Waals surface area contributed by atoms with Gasteiger partial charge in [0.1, 0.15) is 6.61 Å². The Morgan fingerprint density at radius 1 is 0.686 bits per heavy atom. The number of unbranched alkanes of at least 4 members (excludes halogenated alkanes) is 7. The molecule has 0 spiro atoms. The van der Waals surface area contributed by atoms with E-state index in [4.69, 9.17) is 9.47 Å². The highest BCUT2D eigenvalue weighted by molar-refractivity contribution is 5.70. The van der Waals surface area contributed by atoms with Crippen LogP contribution in [0.1, 0.15) is 97.3 Å². The van der Waals surface area contributed by atoms with Crippen molar-refractivity contribution in [2.45, 2.75) is 103 Å². The number of allylic oxidation sites excluding steroid dienone is 10. The Hall–Kier alpha value is -2.40. The van der Waals surface area contributed by atoms with E-state index in [-0.39, 0.29) is 31.6 Å². The number of aliphatic hydroxyl groups excluding tert-OH is 1. The lowest BCUT2D eigenvalue weighted by Crippen LogP contribution is -2.28. The molecule has 0 radical (unpaired) electrons. The third kappa shape index (κ3) is 24.5. The summed E-state index contributed by atoms with van der Waals surface area (Å²) in [5.41, 5.74) is 0. The first-order valence-corrected chi connectivity index (χ1v) is 13.4. The molecule has 35 heavy (non-hydrogen) atoms. The molecular formula is C30H48O5. The molecule has 0 rings (SSSR count). The summed E-state index contributed by atoms with van der Waals surface area (Å²) in [6.45, 7) is 3.83. The normalized spacial score (nSPS) is 13.1. The van der Waals surface area contributed by atoms with Crippen molar-refractivity contribution < 1.29 is 24.2 Å². The Morgan fingerprint density at radius 2 is 1.31 bits per heavy atom. The lowest BCUT2D eigenvalue weighted by molar-refractivity contribution is -0.161. The highest BCUT2D eigenvalue weighted by atomic mass is 16.6. The number of ether oxygens (including phenoxy) is 2. The van der Waals surface area contributed by atoms with E-state index in [2.05, 4.69) is 32.1 Å². The van der Waals surface area contributed by atoms with Gasteiger partial charge in [-0.15, -0.1) is 0 Å². The molecular weight excluding hydrogens is 440 g/mol. The predicted octanol–water partition coefficient (Wildman–Crippen LogP) is 7.33. The van der Waals surface area contributed by atoms with Crippen LogP contribution in [0.25, 0.3) is 0 Å². The molecule has 5 heteroatoms. The van der Waals surface area contributed by atoms with Crippen LogP contribution in [0.15, 0.2) is 60.8 Å². The average molecular weight is 489 g/mol. The molecule has 1 atom stereocenters. The van der Waals surface area contributed by atoms with Crippen molar-refractivity contribution in [1.29, 1.82) is 0 Å². The van der Waals surface area contributed by atoms with E-state index in [0.717, 1.165) is 38.5 Å². The number of hydrogen-bond donors (Lipinski definition) is 1. The van der Waals surface area contributed by atoms with Gasteiger partial charge in [-0.1, -0.05) is 100 Å². The number of esters is 2. The summed E-state index contributed by atoms with van der Waals surface area (Å²) in [4.78, 5) is 23.8. The lowest BCUT2D eigenvalue weighted by atomic mass is 10.1. The molecule has 0 aliphatic rings. The van der Waals surface area contributed by atoms with Gasteiger partial charge in [-0.3, -0.25) is 9.59 Å². The van der Waals surface area contributed by atoms with Crippen LogP contribution >= 0.6 is 0 Å². The van der Waals surface area contributed by atoms with Crippen molar-refractivity contribution in [3.63, 3.8) is 0 Å². The molecule has 0 bridgehead atoms. The quantitative estimate of drug-likeness (QED) is 0.0747. The van der Waals surface area contributed by atoms with E-state index >= 15 is 0 Å². The average Bonchev–Trinajstić information content (AvgIpc) is 2.86. The van der Waals surface area contributed by atoms with Gasteiger partial charge in [0.2, 0.25) is 0 Å². The third-order valence-corrected chi connectivity index (χ3v) is 5.15. The van der Waals surface area contributed by atoms with E-state index in [1.165, 1.54) is 25.7 Å². The molecule has 198 valence electrons. The van der Waals surface area contributed by atoms with Crippen molar-refractivity contribution in [2.75, 3.05) is 13.2 Å². The van der Waals surface area contributed by atoms with Crippen LogP contribution in [0.2, 0.25) is 0 Å². The summed E-state index contributed by atoms with van der Waals surface area (Å²) in [5.74, 6) is -0.712. The second kappa shape index (κ2) is 26.2. The maximum absolute atomic E-state index is 11.9. The Bertz CT molecular complexity index is 658. The fourth-order valence-electron chi connectivity index (χ4n) is 3.11. The number of carbonyl (C=O) groups is 2. The molecule has 0 saturated heterocycles. The number of hydrogen-bond acceptors (Lipinski definition) is 5. The van der Waals surface area contributed by atoms with Gasteiger partial charge < -0.3 is 14.6 Å². The molecule has 0 amide bonds. The molecule has 0 saturated carbocycles. The molecule has 5 nitrogen and oxygen atoms in total. The van der Waals surface area contributed by atoms with E-state index in [0.29, 0.717) is 12.8 Å². The van der Waals surface area contributed by atoms with Gasteiger partial charge in [0.25, 0.3) is 0 Å². The fourth-order valence-corrected chi connectivity index (χ4v) is 3.11. The van der Waals surface area contributed by atoms with Crippen molar-refractivity contribution in [3.05, 3.63) is 60.8 Å². The van der Waals surface area contributed by atoms with Gasteiger partial charge in [0.05, 0.1) is 6.61 Å². The molecule has 0 aromatic carbocycles. The Morgan fingerprint density at radius 3 is 2.00 bits per heavy atom. The Labute approximate surface area is 213 Å². The lowest BCUT2D eigenvalue weighted by Gasteiger charge is -2.15. The summed E-state index contributed by atoms with van der Waals surface area (Å²) in [6.07, 6.45) is 31.5. The standard InChI is InChI=1S/C30H48O5/c1-3-5-7-9-11-13-14-15-16-17-19-20-22-24-29(32)34-27-28(26-31)35-30(33)25-23-21-18-12-10-8-6-4-2/h5,7,9,11,13-16,18,21,28,31H,3-4,6,8,10,12,17,19-20,22-27H2,1-2H3/b7-5+,11-9+,14-13+,16-15+,21-18+. The predicted molar refractivity (Wildman–Crippen MR) is 145 cm³/mol. The van der Waals surface area contributed by atoms with Gasteiger partial charge in [-0.25, -0.2) is 0 Å². The highest BCUT2D eigenvalue weighted by Crippen LogP contribution is 2.07. The monoisotopic (exact) mass is 488 g/mol. The van der Waals surface area contributed by atoms with Crippen LogP contribution < -0.4 is 0 Å². The fraction of sp³-hybridized carbons (Fsp3) is 0.600. The summed E-state index contributed by atoms with van der Waals surface area (Å²) in [6, 6.07) is 0. The second-order valence-corrected chi connectivity index (χ2v) is 8.47. The first-order valence-electron chi connectivity index (χ1n) is 13.4. The molecule has 0 aliphatic carbocycles. The molecule has 0 aromatic heterocycles. The summed E-state index contributed by atoms with van der Waals surface area (Å²) >= 11 is 0. The van der Waals surface area contributed by atoms with Gasteiger partial charge in [-0.2, -0.15) is 0 Å². The largest absolute Gasteiger partial charge is 0.462 e. The second-order valence-electron chi connectivity index (χ2n) is 8.47. The number of aliphatic hydroxyl groups is 1. The van der Waals surface area contributed by atoms with Gasteiger partial charge >= 0.3 is 11.9 Å². The van der Waals surface area contributed by atoms with Crippen LogP contribution in [0.3, 0.4) is 0 Å². The van der Waals surface area contributed by atoms with Crippen LogP contribution in [0, 0.1) is 0 Å². The molecule has 0 fully saturated rings. The summed E-state index contributed by atoms with van der Waals surface area (Å²) < 4.78 is 10.4. The zero-order chi connectivity index (χ0) is 25.8. The van der Waals surface area contributed by atoms with Gasteiger partial charge in [0, 0.05) is 12.8 Å². The highest BCUT2D eigenvalue weighted by Gasteiger charge is 2.15. The first-order chi connectivity index (χ1) is 17.1. The minimum atomic E-state index is -0.805. The van der Waals surface area contributed by atoms with Crippen LogP contribution in [-0.4, -0.2) is 36.4 Å². The van der Waals surface area contributed by atoms with Crippen molar-refractivity contribution in [1.82, 2.24) is 0 Å². The van der Waals surface area contributed by atoms with Crippen LogP contribution in [0.5, 0.6) is 0 Å². The van der Waals surface area contributed by atoms with Gasteiger partial charge in [0.15, 0.2) is 6.10 Å². The summed E-state index contributed by atoms with van der Waals surface area (Å²) in [5, 5.41) is 9.40. The van der Waals surface area contributed by atoms with E-state index in [9.17, 15) is 14.7 Å². The summed E-state index contributed by atoms with van der Waals surface area (Å²) in [7, 11) is 0. The van der Waals surface area contributed by atoms with Crippen molar-refractivity contribution >= 4 is 11.9 Å². The topological polar surface area (TPSA) is 72.8 Å². The van der Waals surface area contributed by atoms with E-state index in [1.807, 2.05) is 42.5 Å². The molecule has 1 unspecified atom stereocenters. The molecule has 0 aliphatic heterocycles. The minimum absolute atomic E-state index is 0.105. The maximum Gasteiger partial charge on any atom is 0.306 e. The van der Waals surface area contributed by atoms with Crippen molar-refractivity contribution in [3.8, 4) is 0 Å². The molecule has 1 N–H and O–H groups in total. The third-order valence-electron chi connectivity index (χ3n) is 5.15. The molecule has 0 heterocycles. The zero-order valence-corrected chi connectivity index (χ0v) is 22.0. The first kappa shape index (κ1) is 32.6. The number of carbonyl (C=O) groups excluding carboxylic acids is 2.